The van der Waals surface area contributed by atoms with Crippen LogP contribution in [0, 0.1) is 0 Å². The summed E-state index contributed by atoms with van der Waals surface area (Å²) in [5, 5.41) is 7.17. The Hall–Kier alpha value is -0.350. The van der Waals surface area contributed by atoms with Gasteiger partial charge < -0.3 is 15.4 Å². The molecule has 1 aliphatic carbocycles. The summed E-state index contributed by atoms with van der Waals surface area (Å²) in [5.74, 6) is 2.39. The van der Waals surface area contributed by atoms with Crippen molar-refractivity contribution in [3.8, 4) is 5.75 Å². The highest BCUT2D eigenvalue weighted by molar-refractivity contribution is 14.0. The number of ether oxygens (including phenoxy) is 1. The molecule has 2 N–H and O–H groups in total. The highest BCUT2D eigenvalue weighted by Gasteiger charge is 2.26. The second kappa shape index (κ2) is 13.0. The van der Waals surface area contributed by atoms with Crippen LogP contribution in [0.5, 0.6) is 5.75 Å². The molecule has 0 aliphatic heterocycles. The van der Waals surface area contributed by atoms with E-state index in [1.807, 2.05) is 25.1 Å². The topological polar surface area (TPSA) is 62.7 Å². The van der Waals surface area contributed by atoms with Crippen LogP contribution in [0.1, 0.15) is 45.1 Å². The van der Waals surface area contributed by atoms with Crippen LogP contribution in [0.25, 0.3) is 0 Å². The van der Waals surface area contributed by atoms with Crippen molar-refractivity contribution < 1.29 is 8.95 Å². The molecule has 1 aliphatic rings. The largest absolute Gasteiger partial charge is 0.496 e. The summed E-state index contributed by atoms with van der Waals surface area (Å²) < 4.78 is 18.6. The first-order valence-corrected chi connectivity index (χ1v) is 11.5. The number of aliphatic imine (C=N–C) groups is 1. The molecule has 5 nitrogen and oxygen atoms in total. The molecule has 3 atom stereocenters. The average molecular weight is 572 g/mol. The normalized spacial score (nSPS) is 21.1. The number of guanidine groups is 1. The maximum atomic E-state index is 12.2. The third-order valence-corrected chi connectivity index (χ3v) is 6.85. The second-order valence-electron chi connectivity index (χ2n) is 6.45. The zero-order chi connectivity index (χ0) is 18.9. The van der Waals surface area contributed by atoms with Crippen LogP contribution in [0.3, 0.4) is 0 Å². The van der Waals surface area contributed by atoms with Crippen molar-refractivity contribution >= 4 is 56.7 Å². The smallest absolute Gasteiger partial charge is 0.191 e. The molecule has 154 valence electrons. The molecule has 1 saturated carbocycles. The zero-order valence-electron chi connectivity index (χ0n) is 16.3. The van der Waals surface area contributed by atoms with Crippen molar-refractivity contribution in [1.29, 1.82) is 0 Å². The Balaban J connectivity index is 0.00000364. The molecule has 8 heteroatoms. The van der Waals surface area contributed by atoms with Gasteiger partial charge in [0.1, 0.15) is 5.75 Å². The Labute approximate surface area is 191 Å². The molecule has 0 aromatic heterocycles. The van der Waals surface area contributed by atoms with Gasteiger partial charge in [-0.15, -0.1) is 24.0 Å². The van der Waals surface area contributed by atoms with Crippen LogP contribution >= 0.6 is 39.9 Å². The van der Waals surface area contributed by atoms with Gasteiger partial charge in [-0.05, 0) is 44.4 Å². The first-order valence-electron chi connectivity index (χ1n) is 9.31. The van der Waals surface area contributed by atoms with Gasteiger partial charge in [-0.3, -0.25) is 4.21 Å². The summed E-state index contributed by atoms with van der Waals surface area (Å²) >= 11 is 3.51. The zero-order valence-corrected chi connectivity index (χ0v) is 21.0. The fourth-order valence-electron chi connectivity index (χ4n) is 3.30. The number of rotatable bonds is 7. The monoisotopic (exact) mass is 571 g/mol. The summed E-state index contributed by atoms with van der Waals surface area (Å²) in [6.07, 6.45) is 4.24. The van der Waals surface area contributed by atoms with Gasteiger partial charge in [0.15, 0.2) is 5.96 Å². The van der Waals surface area contributed by atoms with Gasteiger partial charge in [0, 0.05) is 44.4 Å². The number of halogens is 2. The fourth-order valence-corrected chi connectivity index (χ4v) is 5.06. The SMILES string of the molecule is CCNC(=NCc1cc(Br)ccc1OC)NC1CCCC(S(=O)CC)C1.I. The molecule has 0 bridgehead atoms. The fraction of sp³-hybridized carbons (Fsp3) is 0.632. The minimum absolute atomic E-state index is 0. The molecule has 27 heavy (non-hydrogen) atoms. The maximum Gasteiger partial charge on any atom is 0.191 e. The standard InChI is InChI=1S/C19H30BrN3O2S.HI/c1-4-21-19(22-13-14-11-15(20)9-10-18(14)25-3)23-16-7-6-8-17(12-16)26(24)5-2;/h9-11,16-17H,4-8,12-13H2,1-3H3,(H2,21,22,23);1H. The van der Waals surface area contributed by atoms with Crippen LogP contribution in [-0.2, 0) is 17.3 Å². The van der Waals surface area contributed by atoms with Crippen molar-refractivity contribution in [2.45, 2.75) is 57.4 Å². The molecule has 1 fully saturated rings. The van der Waals surface area contributed by atoms with E-state index < -0.39 is 10.8 Å². The number of nitrogens with zero attached hydrogens (tertiary/aromatic N) is 1. The third-order valence-electron chi connectivity index (χ3n) is 4.62. The van der Waals surface area contributed by atoms with Gasteiger partial charge in [-0.1, -0.05) is 29.3 Å². The predicted octanol–water partition coefficient (Wildman–Crippen LogP) is 4.21. The van der Waals surface area contributed by atoms with Crippen LogP contribution in [0.2, 0.25) is 0 Å². The molecule has 0 heterocycles. The van der Waals surface area contributed by atoms with E-state index in [1.54, 1.807) is 7.11 Å². The molecular formula is C19H31BrIN3O2S. The van der Waals surface area contributed by atoms with E-state index in [0.29, 0.717) is 17.8 Å². The third kappa shape index (κ3) is 7.89. The first-order chi connectivity index (χ1) is 12.6. The molecule has 1 aromatic carbocycles. The van der Waals surface area contributed by atoms with Gasteiger partial charge in [0.25, 0.3) is 0 Å². The number of methoxy groups -OCH3 is 1. The second-order valence-corrected chi connectivity index (χ2v) is 9.37. The van der Waals surface area contributed by atoms with E-state index in [1.165, 1.54) is 0 Å². The molecule has 0 amide bonds. The van der Waals surface area contributed by atoms with Gasteiger partial charge >= 0.3 is 0 Å². The lowest BCUT2D eigenvalue weighted by Gasteiger charge is -2.30. The lowest BCUT2D eigenvalue weighted by Crippen LogP contribution is -2.46. The first kappa shape index (κ1) is 24.7. The molecule has 3 unspecified atom stereocenters. The predicted molar refractivity (Wildman–Crippen MR) is 129 cm³/mol. The maximum absolute atomic E-state index is 12.2. The number of benzene rings is 1. The quantitative estimate of drug-likeness (QED) is 0.292. The van der Waals surface area contributed by atoms with E-state index >= 15 is 0 Å². The molecule has 0 radical (unpaired) electrons. The molecular weight excluding hydrogens is 541 g/mol. The average Bonchev–Trinajstić information content (AvgIpc) is 2.66. The van der Waals surface area contributed by atoms with E-state index in [4.69, 9.17) is 9.73 Å². The summed E-state index contributed by atoms with van der Waals surface area (Å²) in [4.78, 5) is 4.74. The van der Waals surface area contributed by atoms with E-state index in [-0.39, 0.29) is 24.0 Å². The van der Waals surface area contributed by atoms with Gasteiger partial charge in [0.05, 0.1) is 13.7 Å². The number of hydrogen-bond acceptors (Lipinski definition) is 3. The van der Waals surface area contributed by atoms with Crippen LogP contribution < -0.4 is 15.4 Å². The summed E-state index contributed by atoms with van der Waals surface area (Å²) in [5.41, 5.74) is 1.03. The van der Waals surface area contributed by atoms with Crippen molar-refractivity contribution in [2.75, 3.05) is 19.4 Å². The summed E-state index contributed by atoms with van der Waals surface area (Å²) in [7, 11) is 0.961. The summed E-state index contributed by atoms with van der Waals surface area (Å²) in [6, 6.07) is 6.27. The molecule has 0 spiro atoms. The number of nitrogens with one attached hydrogen (secondary N) is 2. The molecule has 0 saturated heterocycles. The lowest BCUT2D eigenvalue weighted by molar-refractivity contribution is 0.408. The Bertz CT molecular complexity index is 645. The molecule has 2 rings (SSSR count). The number of hydrogen-bond donors (Lipinski definition) is 2. The highest BCUT2D eigenvalue weighted by atomic mass is 127. The minimum Gasteiger partial charge on any atom is -0.496 e. The van der Waals surface area contributed by atoms with E-state index in [9.17, 15) is 4.21 Å². The Morgan fingerprint density at radius 2 is 2.15 bits per heavy atom. The Kier molecular flexibility index (Phi) is 11.9. The minimum atomic E-state index is -0.715. The van der Waals surface area contributed by atoms with E-state index in [2.05, 4.69) is 33.5 Å². The van der Waals surface area contributed by atoms with Gasteiger partial charge in [-0.25, -0.2) is 4.99 Å². The highest BCUT2D eigenvalue weighted by Crippen LogP contribution is 2.24. The molecule has 1 aromatic rings. The van der Waals surface area contributed by atoms with Crippen LogP contribution in [-0.4, -0.2) is 40.9 Å². The van der Waals surface area contributed by atoms with Gasteiger partial charge in [0.2, 0.25) is 0 Å². The van der Waals surface area contributed by atoms with Crippen molar-refractivity contribution in [1.82, 2.24) is 10.6 Å². The lowest BCUT2D eigenvalue weighted by atomic mass is 9.95. The van der Waals surface area contributed by atoms with Crippen molar-refractivity contribution in [3.05, 3.63) is 28.2 Å². The van der Waals surface area contributed by atoms with Gasteiger partial charge in [-0.2, -0.15) is 0 Å². The Morgan fingerprint density at radius 3 is 2.81 bits per heavy atom. The van der Waals surface area contributed by atoms with Crippen molar-refractivity contribution in [2.24, 2.45) is 4.99 Å². The Morgan fingerprint density at radius 1 is 1.37 bits per heavy atom. The summed E-state index contributed by atoms with van der Waals surface area (Å²) in [6.45, 7) is 5.41. The van der Waals surface area contributed by atoms with E-state index in [0.717, 1.165) is 59.7 Å². The van der Waals surface area contributed by atoms with Crippen LogP contribution in [0.4, 0.5) is 0 Å². The van der Waals surface area contributed by atoms with Crippen LogP contribution in [0.15, 0.2) is 27.7 Å². The van der Waals surface area contributed by atoms with Crippen molar-refractivity contribution in [3.63, 3.8) is 0 Å².